The van der Waals surface area contributed by atoms with Crippen molar-refractivity contribution in [2.45, 2.75) is 13.3 Å². The van der Waals surface area contributed by atoms with E-state index in [1.54, 1.807) is 6.20 Å². The van der Waals surface area contributed by atoms with E-state index in [4.69, 9.17) is 0 Å². The van der Waals surface area contributed by atoms with Crippen molar-refractivity contribution in [3.8, 4) is 0 Å². The summed E-state index contributed by atoms with van der Waals surface area (Å²) in [6, 6.07) is 3.77. The van der Waals surface area contributed by atoms with Gasteiger partial charge in [0.1, 0.15) is 5.82 Å². The second kappa shape index (κ2) is 6.47. The maximum Gasteiger partial charge on any atom is 0.239 e. The molecule has 18 heavy (non-hydrogen) atoms. The van der Waals surface area contributed by atoms with Crippen LogP contribution in [0.15, 0.2) is 18.3 Å². The molecule has 1 amide bonds. The molecule has 0 unspecified atom stereocenters. The number of pyridine rings is 1. The van der Waals surface area contributed by atoms with E-state index >= 15 is 0 Å². The minimum atomic E-state index is 0.00764. The molecule has 1 saturated heterocycles. The highest BCUT2D eigenvalue weighted by atomic mass is 16.2. The molecular weight excluding hydrogens is 228 g/mol. The summed E-state index contributed by atoms with van der Waals surface area (Å²) in [5, 5.41) is 6.15. The maximum absolute atomic E-state index is 11.9. The highest BCUT2D eigenvalue weighted by Gasteiger charge is 2.12. The fourth-order valence-corrected chi connectivity index (χ4v) is 1.99. The Morgan fingerprint density at radius 3 is 3.11 bits per heavy atom. The molecular formula is C13H20N4O. The highest BCUT2D eigenvalue weighted by Crippen LogP contribution is 2.04. The molecule has 5 heteroatoms. The lowest BCUT2D eigenvalue weighted by Crippen LogP contribution is -2.35. The normalized spacial score (nSPS) is 17.2. The van der Waals surface area contributed by atoms with Gasteiger partial charge in [-0.1, -0.05) is 6.07 Å². The van der Waals surface area contributed by atoms with Gasteiger partial charge in [0.25, 0.3) is 0 Å². The van der Waals surface area contributed by atoms with Crippen LogP contribution in [0, 0.1) is 6.92 Å². The van der Waals surface area contributed by atoms with E-state index in [1.165, 1.54) is 0 Å². The zero-order chi connectivity index (χ0) is 12.8. The molecule has 1 fully saturated rings. The van der Waals surface area contributed by atoms with Gasteiger partial charge in [-0.25, -0.2) is 4.98 Å². The topological polar surface area (TPSA) is 57.3 Å². The number of aryl methyl sites for hydroxylation is 1. The average molecular weight is 248 g/mol. The molecule has 0 radical (unpaired) electrons. The van der Waals surface area contributed by atoms with Gasteiger partial charge in [0.05, 0.1) is 6.54 Å². The lowest BCUT2D eigenvalue weighted by molar-refractivity contribution is -0.117. The van der Waals surface area contributed by atoms with E-state index in [1.807, 2.05) is 19.1 Å². The maximum atomic E-state index is 11.9. The molecule has 1 aliphatic heterocycles. The first-order valence-electron chi connectivity index (χ1n) is 6.39. The zero-order valence-corrected chi connectivity index (χ0v) is 10.8. The largest absolute Gasteiger partial charge is 0.315 e. The number of aromatic nitrogens is 1. The Bertz CT molecular complexity index is 382. The Labute approximate surface area is 108 Å². The van der Waals surface area contributed by atoms with E-state index in [0.717, 1.165) is 38.2 Å². The van der Waals surface area contributed by atoms with Crippen LogP contribution in [-0.2, 0) is 4.79 Å². The van der Waals surface area contributed by atoms with Crippen molar-refractivity contribution in [3.05, 3.63) is 23.9 Å². The molecule has 2 N–H and O–H groups in total. The van der Waals surface area contributed by atoms with Gasteiger partial charge in [-0.05, 0) is 38.1 Å². The minimum absolute atomic E-state index is 0.00764. The molecule has 0 saturated carbocycles. The van der Waals surface area contributed by atoms with Gasteiger partial charge in [0, 0.05) is 19.3 Å². The summed E-state index contributed by atoms with van der Waals surface area (Å²) in [7, 11) is 0. The van der Waals surface area contributed by atoms with Crippen molar-refractivity contribution >= 4 is 11.7 Å². The quantitative estimate of drug-likeness (QED) is 0.823. The predicted octanol–water partition coefficient (Wildman–Crippen LogP) is 0.624. The molecule has 0 spiro atoms. The van der Waals surface area contributed by atoms with Crippen LogP contribution in [0.3, 0.4) is 0 Å². The number of hydrogen-bond acceptors (Lipinski definition) is 4. The Morgan fingerprint density at radius 2 is 2.33 bits per heavy atom. The van der Waals surface area contributed by atoms with E-state index in [9.17, 15) is 4.79 Å². The van der Waals surface area contributed by atoms with Crippen LogP contribution in [0.25, 0.3) is 0 Å². The van der Waals surface area contributed by atoms with E-state index < -0.39 is 0 Å². The first-order valence-corrected chi connectivity index (χ1v) is 6.39. The second-order valence-electron chi connectivity index (χ2n) is 4.65. The third-order valence-corrected chi connectivity index (χ3v) is 2.98. The standard InChI is InChI=1S/C13H20N4O/c1-11-3-4-12(15-9-11)16-13(18)10-17-7-2-5-14-6-8-17/h3-4,9,14H,2,5-8,10H2,1H3,(H,15,16,18). The number of amides is 1. The molecule has 1 aliphatic rings. The van der Waals surface area contributed by atoms with Crippen molar-refractivity contribution < 1.29 is 4.79 Å². The van der Waals surface area contributed by atoms with Gasteiger partial charge in [0.2, 0.25) is 5.91 Å². The predicted molar refractivity (Wildman–Crippen MR) is 71.5 cm³/mol. The number of carbonyl (C=O) groups excluding carboxylic acids is 1. The fourth-order valence-electron chi connectivity index (χ4n) is 1.99. The minimum Gasteiger partial charge on any atom is -0.315 e. The first kappa shape index (κ1) is 13.0. The molecule has 0 aliphatic carbocycles. The SMILES string of the molecule is Cc1ccc(NC(=O)CN2CCCNCC2)nc1. The molecule has 5 nitrogen and oxygen atoms in total. The molecule has 0 bridgehead atoms. The molecule has 1 aromatic rings. The fraction of sp³-hybridized carbons (Fsp3) is 0.538. The van der Waals surface area contributed by atoms with E-state index in [0.29, 0.717) is 12.4 Å². The van der Waals surface area contributed by atoms with Crippen LogP contribution in [-0.4, -0.2) is 48.5 Å². The number of rotatable bonds is 3. The average Bonchev–Trinajstić information content (AvgIpc) is 2.61. The number of hydrogen-bond donors (Lipinski definition) is 2. The number of nitrogens with zero attached hydrogens (tertiary/aromatic N) is 2. The van der Waals surface area contributed by atoms with Crippen LogP contribution < -0.4 is 10.6 Å². The molecule has 0 atom stereocenters. The Kier molecular flexibility index (Phi) is 4.66. The van der Waals surface area contributed by atoms with Gasteiger partial charge in [0.15, 0.2) is 0 Å². The molecule has 0 aromatic carbocycles. The van der Waals surface area contributed by atoms with Crippen molar-refractivity contribution in [2.75, 3.05) is 38.0 Å². The monoisotopic (exact) mass is 248 g/mol. The van der Waals surface area contributed by atoms with Gasteiger partial charge >= 0.3 is 0 Å². The number of carbonyl (C=O) groups is 1. The van der Waals surface area contributed by atoms with Gasteiger partial charge in [-0.2, -0.15) is 0 Å². The van der Waals surface area contributed by atoms with Gasteiger partial charge in [-0.3, -0.25) is 9.69 Å². The third-order valence-electron chi connectivity index (χ3n) is 2.98. The summed E-state index contributed by atoms with van der Waals surface area (Å²) in [6.07, 6.45) is 2.85. The molecule has 98 valence electrons. The second-order valence-corrected chi connectivity index (χ2v) is 4.65. The van der Waals surface area contributed by atoms with E-state index in [-0.39, 0.29) is 5.91 Å². The molecule has 2 heterocycles. The van der Waals surface area contributed by atoms with Crippen molar-refractivity contribution in [2.24, 2.45) is 0 Å². The summed E-state index contributed by atoms with van der Waals surface area (Å²) in [6.45, 7) is 6.31. The Morgan fingerprint density at radius 1 is 1.44 bits per heavy atom. The summed E-state index contributed by atoms with van der Waals surface area (Å²) < 4.78 is 0. The van der Waals surface area contributed by atoms with Crippen LogP contribution in [0.5, 0.6) is 0 Å². The summed E-state index contributed by atoms with van der Waals surface area (Å²) in [5.41, 5.74) is 1.09. The van der Waals surface area contributed by atoms with Gasteiger partial charge in [-0.15, -0.1) is 0 Å². The lowest BCUT2D eigenvalue weighted by atomic mass is 10.3. The Hall–Kier alpha value is -1.46. The van der Waals surface area contributed by atoms with Crippen LogP contribution in [0.2, 0.25) is 0 Å². The summed E-state index contributed by atoms with van der Waals surface area (Å²) >= 11 is 0. The van der Waals surface area contributed by atoms with Crippen molar-refractivity contribution in [1.29, 1.82) is 0 Å². The number of nitrogens with one attached hydrogen (secondary N) is 2. The smallest absolute Gasteiger partial charge is 0.239 e. The van der Waals surface area contributed by atoms with Gasteiger partial charge < -0.3 is 10.6 Å². The first-order chi connectivity index (χ1) is 8.74. The van der Waals surface area contributed by atoms with E-state index in [2.05, 4.69) is 20.5 Å². The van der Waals surface area contributed by atoms with Crippen LogP contribution >= 0.6 is 0 Å². The van der Waals surface area contributed by atoms with Crippen LogP contribution in [0.1, 0.15) is 12.0 Å². The number of anilines is 1. The summed E-state index contributed by atoms with van der Waals surface area (Å²) in [5.74, 6) is 0.631. The Balaban J connectivity index is 1.82. The zero-order valence-electron chi connectivity index (χ0n) is 10.8. The molecule has 2 rings (SSSR count). The van der Waals surface area contributed by atoms with Crippen LogP contribution in [0.4, 0.5) is 5.82 Å². The summed E-state index contributed by atoms with van der Waals surface area (Å²) in [4.78, 5) is 18.2. The van der Waals surface area contributed by atoms with Crippen molar-refractivity contribution in [1.82, 2.24) is 15.2 Å². The van der Waals surface area contributed by atoms with Crippen molar-refractivity contribution in [3.63, 3.8) is 0 Å². The third kappa shape index (κ3) is 4.09. The lowest BCUT2D eigenvalue weighted by Gasteiger charge is -2.18. The highest BCUT2D eigenvalue weighted by molar-refractivity contribution is 5.91. The molecule has 1 aromatic heterocycles.